The molecule has 0 saturated carbocycles. The molecule has 1 saturated heterocycles. The Morgan fingerprint density at radius 3 is 2.54 bits per heavy atom. The van der Waals surface area contributed by atoms with E-state index >= 15 is 0 Å². The van der Waals surface area contributed by atoms with Crippen LogP contribution in [0.15, 0.2) is 24.3 Å². The normalized spacial score (nSPS) is 17.7. The minimum atomic E-state index is -4.46. The molecule has 2 N–H and O–H groups in total. The van der Waals surface area contributed by atoms with Crippen LogP contribution in [0.3, 0.4) is 0 Å². The van der Waals surface area contributed by atoms with Gasteiger partial charge < -0.3 is 10.6 Å². The molecule has 0 spiro atoms. The van der Waals surface area contributed by atoms with E-state index in [2.05, 4.69) is 10.6 Å². The highest BCUT2D eigenvalue weighted by atomic mass is 32.2. The molecule has 1 aliphatic heterocycles. The van der Waals surface area contributed by atoms with Crippen molar-refractivity contribution in [2.45, 2.75) is 18.0 Å². The number of nitrogens with one attached hydrogen (secondary N) is 2. The highest BCUT2D eigenvalue weighted by molar-refractivity contribution is 7.89. The number of hydrogen-bond acceptors (Lipinski definition) is 5. The van der Waals surface area contributed by atoms with Gasteiger partial charge in [-0.05, 0) is 17.7 Å². The molecule has 1 aliphatic rings. The second-order valence-corrected chi connectivity index (χ2v) is 8.46. The number of nitrogens with zero attached hydrogens (tertiary/aromatic N) is 1. The Morgan fingerprint density at radius 2 is 1.96 bits per heavy atom. The second-order valence-electron chi connectivity index (χ2n) is 6.32. The maximum Gasteiger partial charge on any atom is 0.405 e. The maximum absolute atomic E-state index is 13.3. The van der Waals surface area contributed by atoms with E-state index in [0.29, 0.717) is 18.7 Å². The predicted molar refractivity (Wildman–Crippen MR) is 91.6 cm³/mol. The van der Waals surface area contributed by atoms with Crippen LogP contribution in [0.5, 0.6) is 0 Å². The van der Waals surface area contributed by atoms with Gasteiger partial charge in [0.05, 0.1) is 5.75 Å². The molecule has 10 heteroatoms. The van der Waals surface area contributed by atoms with E-state index in [0.717, 1.165) is 6.26 Å². The van der Waals surface area contributed by atoms with Gasteiger partial charge in [0.15, 0.2) is 9.84 Å². The summed E-state index contributed by atoms with van der Waals surface area (Å²) in [5.74, 6) is -0.898. The van der Waals surface area contributed by atoms with Gasteiger partial charge in [-0.15, -0.1) is 0 Å². The highest BCUT2D eigenvalue weighted by Gasteiger charge is 2.43. The Kier molecular flexibility index (Phi) is 6.64. The molecule has 1 fully saturated rings. The zero-order chi connectivity index (χ0) is 19.4. The van der Waals surface area contributed by atoms with Crippen molar-refractivity contribution in [2.75, 3.05) is 39.0 Å². The second kappa shape index (κ2) is 8.36. The van der Waals surface area contributed by atoms with Gasteiger partial charge in [-0.25, -0.2) is 8.42 Å². The lowest BCUT2D eigenvalue weighted by Gasteiger charge is -2.35. The van der Waals surface area contributed by atoms with Gasteiger partial charge in [-0.1, -0.05) is 12.1 Å². The summed E-state index contributed by atoms with van der Waals surface area (Å²) in [5, 5.41) is 5.31. The quantitative estimate of drug-likeness (QED) is 0.748. The Labute approximate surface area is 150 Å². The van der Waals surface area contributed by atoms with Crippen LogP contribution in [0.1, 0.15) is 15.9 Å². The number of rotatable bonds is 6. The summed E-state index contributed by atoms with van der Waals surface area (Å²) >= 11 is 0. The lowest BCUT2D eigenvalue weighted by Crippen LogP contribution is -2.57. The summed E-state index contributed by atoms with van der Waals surface area (Å²) in [5.41, 5.74) is 0.544. The Bertz CT molecular complexity index is 732. The Morgan fingerprint density at radius 1 is 1.31 bits per heavy atom. The molecule has 1 aromatic rings. The molecule has 1 amide bonds. The molecule has 1 aromatic carbocycles. The minimum Gasteiger partial charge on any atom is -0.350 e. The molecule has 0 aliphatic carbocycles. The number of hydrogen-bond donors (Lipinski definition) is 2. The molecule has 146 valence electrons. The maximum atomic E-state index is 13.3. The Hall–Kier alpha value is -1.65. The summed E-state index contributed by atoms with van der Waals surface area (Å²) in [4.78, 5) is 13.5. The number of halogens is 3. The molecule has 6 nitrogen and oxygen atoms in total. The van der Waals surface area contributed by atoms with Crippen molar-refractivity contribution in [3.05, 3.63) is 35.4 Å². The first-order valence-electron chi connectivity index (χ1n) is 8.12. The summed E-state index contributed by atoms with van der Waals surface area (Å²) in [7, 11) is -3.27. The van der Waals surface area contributed by atoms with E-state index < -0.39 is 34.5 Å². The number of benzene rings is 1. The van der Waals surface area contributed by atoms with E-state index in [4.69, 9.17) is 0 Å². The minimum absolute atomic E-state index is 0.132. The molecule has 2 rings (SSSR count). The van der Waals surface area contributed by atoms with Gasteiger partial charge in [0.2, 0.25) is 0 Å². The molecule has 0 aromatic heterocycles. The van der Waals surface area contributed by atoms with Gasteiger partial charge in [0.25, 0.3) is 5.91 Å². The summed E-state index contributed by atoms with van der Waals surface area (Å²) in [6, 6.07) is 4.12. The third-order valence-electron chi connectivity index (χ3n) is 4.04. The first-order valence-corrected chi connectivity index (χ1v) is 10.2. The van der Waals surface area contributed by atoms with Crippen LogP contribution < -0.4 is 10.6 Å². The fourth-order valence-electron chi connectivity index (χ4n) is 2.84. The lowest BCUT2D eigenvalue weighted by molar-refractivity contribution is -0.183. The first kappa shape index (κ1) is 20.7. The number of amides is 1. The van der Waals surface area contributed by atoms with Crippen LogP contribution in [-0.4, -0.2) is 70.4 Å². The molecule has 1 atom stereocenters. The monoisotopic (exact) mass is 393 g/mol. The molecule has 26 heavy (non-hydrogen) atoms. The predicted octanol–water partition coefficient (Wildman–Crippen LogP) is 0.797. The van der Waals surface area contributed by atoms with E-state index in [9.17, 15) is 26.4 Å². The van der Waals surface area contributed by atoms with E-state index in [1.807, 2.05) is 0 Å². The molecule has 0 radical (unpaired) electrons. The van der Waals surface area contributed by atoms with Crippen molar-refractivity contribution in [1.82, 2.24) is 15.5 Å². The third kappa shape index (κ3) is 6.26. The topological polar surface area (TPSA) is 78.5 Å². The van der Waals surface area contributed by atoms with Crippen molar-refractivity contribution in [3.63, 3.8) is 0 Å². The largest absolute Gasteiger partial charge is 0.405 e. The molecular formula is C16H22F3N3O3S. The van der Waals surface area contributed by atoms with Gasteiger partial charge >= 0.3 is 6.18 Å². The van der Waals surface area contributed by atoms with E-state index in [1.165, 1.54) is 23.1 Å². The van der Waals surface area contributed by atoms with Crippen molar-refractivity contribution in [1.29, 1.82) is 0 Å². The summed E-state index contributed by atoms with van der Waals surface area (Å²) in [6.45, 7) is 0.883. The zero-order valence-corrected chi connectivity index (χ0v) is 15.2. The number of alkyl halides is 3. The van der Waals surface area contributed by atoms with Crippen molar-refractivity contribution in [3.8, 4) is 0 Å². The van der Waals surface area contributed by atoms with Crippen LogP contribution in [0.2, 0.25) is 0 Å². The van der Waals surface area contributed by atoms with Gasteiger partial charge in [0, 0.05) is 44.5 Å². The molecule has 1 unspecified atom stereocenters. The lowest BCUT2D eigenvalue weighted by atomic mass is 10.1. The fraction of sp³-hybridized carbons (Fsp3) is 0.562. The third-order valence-corrected chi connectivity index (χ3v) is 4.90. The van der Waals surface area contributed by atoms with Gasteiger partial charge in [-0.2, -0.15) is 13.2 Å². The fourth-order valence-corrected chi connectivity index (χ4v) is 3.63. The van der Waals surface area contributed by atoms with Crippen molar-refractivity contribution >= 4 is 15.7 Å². The van der Waals surface area contributed by atoms with Crippen LogP contribution in [0.25, 0.3) is 0 Å². The van der Waals surface area contributed by atoms with Crippen molar-refractivity contribution < 1.29 is 26.4 Å². The van der Waals surface area contributed by atoms with Crippen LogP contribution in [0.4, 0.5) is 13.2 Å². The Balaban J connectivity index is 2.04. The van der Waals surface area contributed by atoms with Crippen LogP contribution in [0, 0.1) is 0 Å². The van der Waals surface area contributed by atoms with E-state index in [1.54, 1.807) is 6.07 Å². The summed E-state index contributed by atoms with van der Waals surface area (Å²) in [6.07, 6.45) is -3.39. The smallest absolute Gasteiger partial charge is 0.350 e. The van der Waals surface area contributed by atoms with Crippen molar-refractivity contribution in [2.24, 2.45) is 0 Å². The molecule has 1 heterocycles. The van der Waals surface area contributed by atoms with Crippen LogP contribution in [-0.2, 0) is 15.6 Å². The van der Waals surface area contributed by atoms with Gasteiger partial charge in [-0.3, -0.25) is 9.69 Å². The number of carbonyl (C=O) groups excluding carboxylic acids is 1. The molecule has 0 bridgehead atoms. The van der Waals surface area contributed by atoms with Crippen LogP contribution >= 0.6 is 0 Å². The SMILES string of the molecule is CS(=O)(=O)Cc1cccc(C(=O)NCC(N2CCNCC2)C(F)(F)F)c1. The highest BCUT2D eigenvalue weighted by Crippen LogP contribution is 2.25. The van der Waals surface area contributed by atoms with E-state index in [-0.39, 0.29) is 24.4 Å². The number of carbonyl (C=O) groups is 1. The average molecular weight is 393 g/mol. The number of sulfone groups is 1. The number of piperazine rings is 1. The standard InChI is InChI=1S/C16H22F3N3O3S/c1-26(24,25)11-12-3-2-4-13(9-12)15(23)21-10-14(16(17,18)19)22-7-5-20-6-8-22/h2-4,9,14,20H,5-8,10-11H2,1H3,(H,21,23). The zero-order valence-electron chi connectivity index (χ0n) is 14.3. The van der Waals surface area contributed by atoms with Gasteiger partial charge in [0.1, 0.15) is 6.04 Å². The summed E-state index contributed by atoms with van der Waals surface area (Å²) < 4.78 is 62.7. The first-order chi connectivity index (χ1) is 12.1. The molecular weight excluding hydrogens is 371 g/mol. The average Bonchev–Trinajstić information content (AvgIpc) is 2.53.